The zero-order valence-electron chi connectivity index (χ0n) is 9.30. The highest BCUT2D eigenvalue weighted by Crippen LogP contribution is 2.32. The number of rotatable bonds is 2. The van der Waals surface area contributed by atoms with Gasteiger partial charge in [0.05, 0.1) is 12.8 Å². The largest absolute Gasteiger partial charge is 0.480 e. The van der Waals surface area contributed by atoms with Gasteiger partial charge in [-0.2, -0.15) is 0 Å². The SMILES string of the molecule is O=C1COc2ccc(Br)nc2N1Cc1ccco1. The molecule has 0 bridgehead atoms. The van der Waals surface area contributed by atoms with Crippen LogP contribution in [0.1, 0.15) is 5.76 Å². The number of aromatic nitrogens is 1. The number of fused-ring (bicyclic) bond motifs is 1. The van der Waals surface area contributed by atoms with Crippen molar-refractivity contribution in [3.05, 3.63) is 40.9 Å². The third kappa shape index (κ3) is 1.99. The van der Waals surface area contributed by atoms with Crippen molar-refractivity contribution < 1.29 is 13.9 Å². The maximum absolute atomic E-state index is 11.9. The molecule has 0 radical (unpaired) electrons. The lowest BCUT2D eigenvalue weighted by atomic mass is 10.3. The molecule has 0 atom stereocenters. The minimum absolute atomic E-state index is 0.0248. The van der Waals surface area contributed by atoms with Crippen LogP contribution >= 0.6 is 15.9 Å². The zero-order chi connectivity index (χ0) is 12.5. The second kappa shape index (κ2) is 4.45. The molecule has 2 aromatic rings. The number of furan rings is 1. The van der Waals surface area contributed by atoms with Gasteiger partial charge in [-0.25, -0.2) is 4.98 Å². The summed E-state index contributed by atoms with van der Waals surface area (Å²) >= 11 is 3.29. The van der Waals surface area contributed by atoms with E-state index >= 15 is 0 Å². The summed E-state index contributed by atoms with van der Waals surface area (Å²) in [6.07, 6.45) is 1.58. The number of nitrogens with zero attached hydrogens (tertiary/aromatic N) is 2. The second-order valence-electron chi connectivity index (χ2n) is 3.80. The normalized spacial score (nSPS) is 14.3. The Bertz CT molecular complexity index is 583. The summed E-state index contributed by atoms with van der Waals surface area (Å²) in [5, 5.41) is 0. The van der Waals surface area contributed by atoms with Gasteiger partial charge in [-0.3, -0.25) is 9.69 Å². The van der Waals surface area contributed by atoms with Crippen molar-refractivity contribution in [3.8, 4) is 5.75 Å². The Morgan fingerprint density at radius 3 is 3.06 bits per heavy atom. The van der Waals surface area contributed by atoms with Crippen molar-refractivity contribution >= 4 is 27.7 Å². The number of hydrogen-bond acceptors (Lipinski definition) is 4. The molecule has 0 unspecified atom stereocenters. The third-order valence-electron chi connectivity index (χ3n) is 2.61. The minimum atomic E-state index is -0.135. The Labute approximate surface area is 111 Å². The van der Waals surface area contributed by atoms with E-state index in [9.17, 15) is 4.79 Å². The second-order valence-corrected chi connectivity index (χ2v) is 4.62. The predicted molar refractivity (Wildman–Crippen MR) is 67.3 cm³/mol. The first-order valence-corrected chi connectivity index (χ1v) is 6.15. The monoisotopic (exact) mass is 308 g/mol. The van der Waals surface area contributed by atoms with Crippen LogP contribution in [0.25, 0.3) is 0 Å². The number of hydrogen-bond donors (Lipinski definition) is 0. The van der Waals surface area contributed by atoms with E-state index in [1.807, 2.05) is 6.07 Å². The van der Waals surface area contributed by atoms with Gasteiger partial charge in [0.2, 0.25) is 0 Å². The molecule has 92 valence electrons. The first-order chi connectivity index (χ1) is 8.74. The Morgan fingerprint density at radius 1 is 1.39 bits per heavy atom. The van der Waals surface area contributed by atoms with E-state index in [1.54, 1.807) is 29.4 Å². The molecule has 0 spiro atoms. The van der Waals surface area contributed by atoms with E-state index in [0.717, 1.165) is 0 Å². The van der Waals surface area contributed by atoms with Crippen molar-refractivity contribution in [1.29, 1.82) is 0 Å². The molecular weight excluding hydrogens is 300 g/mol. The van der Waals surface area contributed by atoms with Crippen molar-refractivity contribution in [2.75, 3.05) is 11.5 Å². The highest BCUT2D eigenvalue weighted by Gasteiger charge is 2.27. The summed E-state index contributed by atoms with van der Waals surface area (Å²) in [6, 6.07) is 7.17. The van der Waals surface area contributed by atoms with Gasteiger partial charge in [-0.1, -0.05) is 0 Å². The van der Waals surface area contributed by atoms with Crippen LogP contribution in [0.3, 0.4) is 0 Å². The molecule has 0 aliphatic carbocycles. The Kier molecular flexibility index (Phi) is 2.79. The molecule has 6 heteroatoms. The highest BCUT2D eigenvalue weighted by molar-refractivity contribution is 9.10. The van der Waals surface area contributed by atoms with Gasteiger partial charge in [0.1, 0.15) is 10.4 Å². The zero-order valence-corrected chi connectivity index (χ0v) is 10.9. The standard InChI is InChI=1S/C12H9BrN2O3/c13-10-4-3-9-12(14-10)15(11(16)7-18-9)6-8-2-1-5-17-8/h1-5H,6-7H2. The van der Waals surface area contributed by atoms with Crippen LogP contribution in [0.4, 0.5) is 5.82 Å². The Hall–Kier alpha value is -1.82. The number of carbonyl (C=O) groups is 1. The van der Waals surface area contributed by atoms with Gasteiger partial charge in [0, 0.05) is 0 Å². The van der Waals surface area contributed by atoms with E-state index in [4.69, 9.17) is 9.15 Å². The fourth-order valence-electron chi connectivity index (χ4n) is 1.78. The van der Waals surface area contributed by atoms with Crippen LogP contribution < -0.4 is 9.64 Å². The fraction of sp³-hybridized carbons (Fsp3) is 0.167. The number of ether oxygens (including phenoxy) is 1. The topological polar surface area (TPSA) is 55.6 Å². The molecule has 3 heterocycles. The third-order valence-corrected chi connectivity index (χ3v) is 3.05. The van der Waals surface area contributed by atoms with E-state index in [1.165, 1.54) is 0 Å². The molecule has 1 aliphatic heterocycles. The first-order valence-electron chi connectivity index (χ1n) is 5.36. The molecule has 18 heavy (non-hydrogen) atoms. The summed E-state index contributed by atoms with van der Waals surface area (Å²) in [7, 11) is 0. The maximum atomic E-state index is 11.9. The van der Waals surface area contributed by atoms with Crippen LogP contribution in [0, 0.1) is 0 Å². The van der Waals surface area contributed by atoms with Gasteiger partial charge in [0.25, 0.3) is 5.91 Å². The van der Waals surface area contributed by atoms with E-state index in [0.29, 0.717) is 28.5 Å². The van der Waals surface area contributed by atoms with Crippen molar-refractivity contribution in [2.24, 2.45) is 0 Å². The summed E-state index contributed by atoms with van der Waals surface area (Å²) < 4.78 is 11.2. The fourth-order valence-corrected chi connectivity index (χ4v) is 2.08. The van der Waals surface area contributed by atoms with E-state index in [-0.39, 0.29) is 12.5 Å². The average Bonchev–Trinajstić information content (AvgIpc) is 2.86. The number of carbonyl (C=O) groups excluding carboxylic acids is 1. The van der Waals surface area contributed by atoms with E-state index in [2.05, 4.69) is 20.9 Å². The number of amides is 1. The van der Waals surface area contributed by atoms with Crippen LogP contribution in [-0.2, 0) is 11.3 Å². The first kappa shape index (κ1) is 11.3. The van der Waals surface area contributed by atoms with Crippen molar-refractivity contribution in [3.63, 3.8) is 0 Å². The molecule has 3 rings (SSSR count). The van der Waals surface area contributed by atoms with Gasteiger partial charge in [-0.05, 0) is 40.2 Å². The molecular formula is C12H9BrN2O3. The summed E-state index contributed by atoms with van der Waals surface area (Å²) in [5.74, 6) is 1.68. The summed E-state index contributed by atoms with van der Waals surface area (Å²) in [6.45, 7) is 0.378. The van der Waals surface area contributed by atoms with Gasteiger partial charge in [0.15, 0.2) is 18.2 Å². The van der Waals surface area contributed by atoms with Gasteiger partial charge < -0.3 is 9.15 Å². The minimum Gasteiger partial charge on any atom is -0.480 e. The lowest BCUT2D eigenvalue weighted by Gasteiger charge is -2.27. The molecule has 0 fully saturated rings. The van der Waals surface area contributed by atoms with Gasteiger partial charge >= 0.3 is 0 Å². The Morgan fingerprint density at radius 2 is 2.28 bits per heavy atom. The predicted octanol–water partition coefficient (Wildman–Crippen LogP) is 2.36. The Balaban J connectivity index is 1.98. The molecule has 1 aliphatic rings. The number of halogens is 1. The maximum Gasteiger partial charge on any atom is 0.266 e. The van der Waals surface area contributed by atoms with Gasteiger partial charge in [-0.15, -0.1) is 0 Å². The van der Waals surface area contributed by atoms with Crippen LogP contribution in [0.2, 0.25) is 0 Å². The molecule has 0 saturated heterocycles. The van der Waals surface area contributed by atoms with Crippen LogP contribution in [0.5, 0.6) is 5.75 Å². The highest BCUT2D eigenvalue weighted by atomic mass is 79.9. The quantitative estimate of drug-likeness (QED) is 0.799. The number of anilines is 1. The lowest BCUT2D eigenvalue weighted by Crippen LogP contribution is -2.38. The smallest absolute Gasteiger partial charge is 0.266 e. The summed E-state index contributed by atoms with van der Waals surface area (Å²) in [5.41, 5.74) is 0. The average molecular weight is 309 g/mol. The van der Waals surface area contributed by atoms with Crippen LogP contribution in [-0.4, -0.2) is 17.5 Å². The molecule has 5 nitrogen and oxygen atoms in total. The van der Waals surface area contributed by atoms with Crippen LogP contribution in [0.15, 0.2) is 39.5 Å². The van der Waals surface area contributed by atoms with Crippen molar-refractivity contribution in [1.82, 2.24) is 4.98 Å². The molecule has 1 amide bonds. The molecule has 2 aromatic heterocycles. The molecule has 0 aromatic carbocycles. The molecule has 0 N–H and O–H groups in total. The molecule has 0 saturated carbocycles. The number of pyridine rings is 1. The lowest BCUT2D eigenvalue weighted by molar-refractivity contribution is -0.121. The van der Waals surface area contributed by atoms with Crippen molar-refractivity contribution in [2.45, 2.75) is 6.54 Å². The summed E-state index contributed by atoms with van der Waals surface area (Å²) in [4.78, 5) is 17.7. The van der Waals surface area contributed by atoms with E-state index < -0.39 is 0 Å².